The second-order valence-corrected chi connectivity index (χ2v) is 9.89. The van der Waals surface area contributed by atoms with E-state index in [4.69, 9.17) is 23.2 Å². The third-order valence-electron chi connectivity index (χ3n) is 5.45. The van der Waals surface area contributed by atoms with Crippen LogP contribution >= 0.6 is 35.0 Å². The second-order valence-electron chi connectivity index (χ2n) is 8.06. The van der Waals surface area contributed by atoms with Gasteiger partial charge >= 0.3 is 0 Å². The summed E-state index contributed by atoms with van der Waals surface area (Å²) in [6.07, 6.45) is 0.403. The highest BCUT2D eigenvalue weighted by Gasteiger charge is 2.30. The van der Waals surface area contributed by atoms with E-state index in [0.29, 0.717) is 22.2 Å². The van der Waals surface area contributed by atoms with Gasteiger partial charge in [-0.3, -0.25) is 9.59 Å². The number of hydrogen-bond acceptors (Lipinski definition) is 3. The lowest BCUT2D eigenvalue weighted by atomic mass is 10.0. The van der Waals surface area contributed by atoms with E-state index < -0.39 is 6.04 Å². The molecular weight excluding hydrogens is 487 g/mol. The number of aryl methyl sites for hydroxylation is 1. The maximum absolute atomic E-state index is 13.5. The van der Waals surface area contributed by atoms with Crippen molar-refractivity contribution in [2.75, 3.05) is 12.8 Å². The van der Waals surface area contributed by atoms with E-state index in [0.717, 1.165) is 16.7 Å². The van der Waals surface area contributed by atoms with Crippen LogP contribution in [0.3, 0.4) is 0 Å². The summed E-state index contributed by atoms with van der Waals surface area (Å²) < 4.78 is 0. The molecule has 0 aliphatic rings. The summed E-state index contributed by atoms with van der Waals surface area (Å²) >= 11 is 14.0. The van der Waals surface area contributed by atoms with Gasteiger partial charge in [0.1, 0.15) is 6.04 Å². The molecule has 34 heavy (non-hydrogen) atoms. The molecular formula is C27H28Cl2N2O2S. The van der Waals surface area contributed by atoms with Crippen LogP contribution < -0.4 is 5.32 Å². The van der Waals surface area contributed by atoms with Crippen molar-refractivity contribution in [1.82, 2.24) is 10.2 Å². The van der Waals surface area contributed by atoms with Crippen LogP contribution in [0.15, 0.2) is 72.8 Å². The summed E-state index contributed by atoms with van der Waals surface area (Å²) in [5, 5.41) is 3.71. The molecule has 1 N–H and O–H groups in total. The number of nitrogens with zero attached hydrogens (tertiary/aromatic N) is 1. The van der Waals surface area contributed by atoms with Gasteiger partial charge in [-0.15, -0.1) is 11.8 Å². The molecule has 1 atom stereocenters. The third-order valence-corrected chi connectivity index (χ3v) is 7.03. The van der Waals surface area contributed by atoms with E-state index >= 15 is 0 Å². The van der Waals surface area contributed by atoms with Crippen LogP contribution in [0.2, 0.25) is 10.0 Å². The first kappa shape index (κ1) is 26.1. The molecule has 0 saturated carbocycles. The first-order valence-electron chi connectivity index (χ1n) is 11.0. The summed E-state index contributed by atoms with van der Waals surface area (Å²) in [6.45, 7) is 2.26. The third kappa shape index (κ3) is 7.52. The Balaban J connectivity index is 1.84. The number of halogens is 2. The largest absolute Gasteiger partial charge is 0.357 e. The van der Waals surface area contributed by atoms with Gasteiger partial charge in [0.05, 0.1) is 5.75 Å². The number of benzene rings is 3. The zero-order chi connectivity index (χ0) is 24.5. The highest BCUT2D eigenvalue weighted by Crippen LogP contribution is 2.25. The van der Waals surface area contributed by atoms with Crippen molar-refractivity contribution in [3.05, 3.63) is 105 Å². The first-order chi connectivity index (χ1) is 16.4. The number of nitrogens with one attached hydrogen (secondary N) is 1. The van der Waals surface area contributed by atoms with Crippen molar-refractivity contribution in [1.29, 1.82) is 0 Å². The number of rotatable bonds is 10. The summed E-state index contributed by atoms with van der Waals surface area (Å²) in [4.78, 5) is 28.1. The van der Waals surface area contributed by atoms with Crippen molar-refractivity contribution in [2.24, 2.45) is 0 Å². The molecule has 0 saturated heterocycles. The highest BCUT2D eigenvalue weighted by atomic mass is 35.5. The minimum atomic E-state index is -0.675. The Morgan fingerprint density at radius 1 is 0.971 bits per heavy atom. The average Bonchev–Trinajstić information content (AvgIpc) is 2.82. The topological polar surface area (TPSA) is 49.4 Å². The molecule has 0 radical (unpaired) electrons. The maximum atomic E-state index is 13.5. The van der Waals surface area contributed by atoms with Gasteiger partial charge in [0.2, 0.25) is 11.8 Å². The zero-order valence-electron chi connectivity index (χ0n) is 19.3. The van der Waals surface area contributed by atoms with E-state index in [1.807, 2.05) is 36.4 Å². The maximum Gasteiger partial charge on any atom is 0.242 e. The summed E-state index contributed by atoms with van der Waals surface area (Å²) in [5.74, 6) is 0.632. The number of carbonyl (C=O) groups is 2. The fourth-order valence-electron chi connectivity index (χ4n) is 3.70. The molecule has 0 unspecified atom stereocenters. The van der Waals surface area contributed by atoms with Crippen LogP contribution in [0.4, 0.5) is 0 Å². The minimum Gasteiger partial charge on any atom is -0.357 e. The van der Waals surface area contributed by atoms with Gasteiger partial charge in [0.25, 0.3) is 0 Å². The van der Waals surface area contributed by atoms with E-state index in [1.165, 1.54) is 17.3 Å². The van der Waals surface area contributed by atoms with Gasteiger partial charge in [0.15, 0.2) is 0 Å². The van der Waals surface area contributed by atoms with Crippen LogP contribution in [0, 0.1) is 6.92 Å². The Hall–Kier alpha value is -2.47. The lowest BCUT2D eigenvalue weighted by molar-refractivity contribution is -0.139. The number of likely N-dealkylation sites (N-methyl/N-ethyl adjacent to an activating group) is 1. The molecule has 4 nitrogen and oxygen atoms in total. The Labute approximate surface area is 215 Å². The molecule has 3 rings (SSSR count). The van der Waals surface area contributed by atoms with E-state index in [2.05, 4.69) is 30.4 Å². The standard InChI is InChI=1S/C27H28Cl2N2O2S/c1-19-7-6-10-21(13-19)17-34-18-26(32)31(16-22-11-12-23(28)15-24(22)29)25(27(33)30-2)14-20-8-4-3-5-9-20/h3-13,15,25H,14,16-18H2,1-2H3,(H,30,33)/t25-/m1/s1. The van der Waals surface area contributed by atoms with Gasteiger partial charge < -0.3 is 10.2 Å². The fourth-order valence-corrected chi connectivity index (χ4v) is 5.02. The smallest absolute Gasteiger partial charge is 0.242 e. The lowest BCUT2D eigenvalue weighted by Gasteiger charge is -2.31. The first-order valence-corrected chi connectivity index (χ1v) is 12.9. The summed E-state index contributed by atoms with van der Waals surface area (Å²) in [7, 11) is 1.59. The summed E-state index contributed by atoms with van der Waals surface area (Å²) in [6, 6.07) is 22.5. The Morgan fingerprint density at radius 3 is 2.38 bits per heavy atom. The average molecular weight is 516 g/mol. The number of amides is 2. The molecule has 0 bridgehead atoms. The molecule has 0 aliphatic heterocycles. The van der Waals surface area contributed by atoms with E-state index in [-0.39, 0.29) is 24.1 Å². The van der Waals surface area contributed by atoms with Crippen molar-refractivity contribution >= 4 is 46.8 Å². The van der Waals surface area contributed by atoms with Crippen LogP contribution in [0.5, 0.6) is 0 Å². The Kier molecular flexibility index (Phi) is 9.87. The molecule has 7 heteroatoms. The quantitative estimate of drug-likeness (QED) is 0.365. The molecule has 178 valence electrons. The molecule has 0 aliphatic carbocycles. The van der Waals surface area contributed by atoms with Gasteiger partial charge in [-0.25, -0.2) is 0 Å². The highest BCUT2D eigenvalue weighted by molar-refractivity contribution is 7.99. The van der Waals surface area contributed by atoms with Gasteiger partial charge in [-0.1, -0.05) is 89.4 Å². The van der Waals surface area contributed by atoms with Crippen LogP contribution in [-0.4, -0.2) is 35.6 Å². The van der Waals surface area contributed by atoms with Gasteiger partial charge in [0, 0.05) is 35.8 Å². The van der Waals surface area contributed by atoms with Crippen molar-refractivity contribution in [3.63, 3.8) is 0 Å². The molecule has 3 aromatic carbocycles. The predicted molar refractivity (Wildman–Crippen MR) is 142 cm³/mol. The van der Waals surface area contributed by atoms with Gasteiger partial charge in [-0.05, 0) is 35.7 Å². The molecule has 3 aromatic rings. The van der Waals surface area contributed by atoms with Crippen LogP contribution in [-0.2, 0) is 28.3 Å². The minimum absolute atomic E-state index is 0.117. The molecule has 0 spiro atoms. The van der Waals surface area contributed by atoms with Crippen molar-refractivity contribution in [2.45, 2.75) is 31.7 Å². The Bertz CT molecular complexity index is 1120. The lowest BCUT2D eigenvalue weighted by Crippen LogP contribution is -2.50. The Morgan fingerprint density at radius 2 is 1.71 bits per heavy atom. The van der Waals surface area contributed by atoms with E-state index in [9.17, 15) is 9.59 Å². The van der Waals surface area contributed by atoms with Gasteiger partial charge in [-0.2, -0.15) is 0 Å². The molecule has 0 aromatic heterocycles. The van der Waals surface area contributed by atoms with Crippen LogP contribution in [0.1, 0.15) is 22.3 Å². The SMILES string of the molecule is CNC(=O)[C@@H](Cc1ccccc1)N(Cc1ccc(Cl)cc1Cl)C(=O)CSCc1cccc(C)c1. The normalized spacial score (nSPS) is 11.6. The molecule has 2 amide bonds. The number of carbonyl (C=O) groups excluding carboxylic acids is 2. The molecule has 0 fully saturated rings. The number of thioether (sulfide) groups is 1. The van der Waals surface area contributed by atoms with Crippen LogP contribution in [0.25, 0.3) is 0 Å². The monoisotopic (exact) mass is 514 g/mol. The zero-order valence-corrected chi connectivity index (χ0v) is 21.6. The second kappa shape index (κ2) is 12.8. The van der Waals surface area contributed by atoms with Crippen molar-refractivity contribution < 1.29 is 9.59 Å². The number of hydrogen-bond donors (Lipinski definition) is 1. The summed E-state index contributed by atoms with van der Waals surface area (Å²) in [5.41, 5.74) is 4.07. The predicted octanol–water partition coefficient (Wildman–Crippen LogP) is 5.92. The van der Waals surface area contributed by atoms with Crippen molar-refractivity contribution in [3.8, 4) is 0 Å². The van der Waals surface area contributed by atoms with E-state index in [1.54, 1.807) is 30.1 Å². The fraction of sp³-hybridized carbons (Fsp3) is 0.259. The molecule has 0 heterocycles.